The van der Waals surface area contributed by atoms with Gasteiger partial charge < -0.3 is 10.1 Å². The van der Waals surface area contributed by atoms with Crippen molar-refractivity contribution in [2.75, 3.05) is 26.7 Å². The van der Waals surface area contributed by atoms with Crippen LogP contribution in [0.25, 0.3) is 22.2 Å². The summed E-state index contributed by atoms with van der Waals surface area (Å²) in [6, 6.07) is 21.7. The van der Waals surface area contributed by atoms with Gasteiger partial charge in [0.25, 0.3) is 5.91 Å². The zero-order valence-corrected chi connectivity index (χ0v) is 19.3. The van der Waals surface area contributed by atoms with Gasteiger partial charge >= 0.3 is 0 Å². The molecule has 0 spiro atoms. The van der Waals surface area contributed by atoms with Crippen molar-refractivity contribution in [3.8, 4) is 17.0 Å². The van der Waals surface area contributed by atoms with Crippen molar-refractivity contribution in [3.05, 3.63) is 90.3 Å². The van der Waals surface area contributed by atoms with Crippen LogP contribution in [0.15, 0.2) is 79.1 Å². The lowest BCUT2D eigenvalue weighted by molar-refractivity contribution is 0.0939. The first-order valence-electron chi connectivity index (χ1n) is 11.7. The molecule has 5 rings (SSSR count). The Bertz CT molecular complexity index is 1270. The van der Waals surface area contributed by atoms with Crippen LogP contribution in [-0.2, 0) is 0 Å². The first kappa shape index (κ1) is 22.0. The van der Waals surface area contributed by atoms with Crippen molar-refractivity contribution >= 4 is 16.8 Å². The van der Waals surface area contributed by atoms with Gasteiger partial charge in [0.15, 0.2) is 0 Å². The molecule has 1 saturated heterocycles. The highest BCUT2D eigenvalue weighted by atomic mass is 16.5. The quantitative estimate of drug-likeness (QED) is 0.433. The largest absolute Gasteiger partial charge is 0.497 e. The second-order valence-electron chi connectivity index (χ2n) is 8.56. The van der Waals surface area contributed by atoms with Gasteiger partial charge in [-0.3, -0.25) is 14.7 Å². The molecule has 6 nitrogen and oxygen atoms in total. The summed E-state index contributed by atoms with van der Waals surface area (Å²) in [6.45, 7) is 2.61. The minimum absolute atomic E-state index is 0.0959. The van der Waals surface area contributed by atoms with Crippen LogP contribution in [0.4, 0.5) is 0 Å². The molecule has 3 heterocycles. The molecular weight excluding hydrogens is 424 g/mol. The third-order valence-electron chi connectivity index (χ3n) is 6.46. The Kier molecular flexibility index (Phi) is 6.49. The molecule has 1 amide bonds. The predicted octanol–water partition coefficient (Wildman–Crippen LogP) is 4.87. The van der Waals surface area contributed by atoms with Crippen molar-refractivity contribution in [2.45, 2.75) is 18.9 Å². The van der Waals surface area contributed by atoms with Crippen LogP contribution in [0.3, 0.4) is 0 Å². The summed E-state index contributed by atoms with van der Waals surface area (Å²) in [4.78, 5) is 24.9. The Morgan fingerprint density at radius 2 is 1.85 bits per heavy atom. The SMILES string of the molecule is COc1ccc(C(CNC(=O)c2cc(-c3cccnc3)nc3ccccc23)N2CCCC2)cc1. The molecular formula is C28H28N4O2. The fraction of sp³-hybridized carbons (Fsp3) is 0.250. The number of nitrogens with one attached hydrogen (secondary N) is 1. The van der Waals surface area contributed by atoms with E-state index in [-0.39, 0.29) is 11.9 Å². The van der Waals surface area contributed by atoms with E-state index in [0.717, 1.165) is 41.0 Å². The molecule has 1 unspecified atom stereocenters. The topological polar surface area (TPSA) is 67.3 Å². The smallest absolute Gasteiger partial charge is 0.252 e. The molecule has 0 bridgehead atoms. The number of methoxy groups -OCH3 is 1. The number of ether oxygens (including phenoxy) is 1. The Hall–Kier alpha value is -3.77. The maximum atomic E-state index is 13.5. The highest BCUT2D eigenvalue weighted by molar-refractivity contribution is 6.07. The fourth-order valence-electron chi connectivity index (χ4n) is 4.65. The number of para-hydroxylation sites is 1. The van der Waals surface area contributed by atoms with Crippen molar-refractivity contribution in [1.82, 2.24) is 20.2 Å². The third kappa shape index (κ3) is 4.63. The molecule has 2 aromatic heterocycles. The first-order chi connectivity index (χ1) is 16.7. The number of nitrogens with zero attached hydrogens (tertiary/aromatic N) is 3. The number of carbonyl (C=O) groups is 1. The van der Waals surface area contributed by atoms with Gasteiger partial charge in [-0.1, -0.05) is 30.3 Å². The molecule has 4 aromatic rings. The normalized spacial score (nSPS) is 14.7. The molecule has 34 heavy (non-hydrogen) atoms. The first-order valence-corrected chi connectivity index (χ1v) is 11.7. The van der Waals surface area contributed by atoms with E-state index in [1.165, 1.54) is 18.4 Å². The van der Waals surface area contributed by atoms with Gasteiger partial charge in [-0.2, -0.15) is 0 Å². The molecule has 1 aliphatic rings. The second kappa shape index (κ2) is 10.0. The Morgan fingerprint density at radius 1 is 1.06 bits per heavy atom. The van der Waals surface area contributed by atoms with Gasteiger partial charge in [-0.25, -0.2) is 4.98 Å². The Labute approximate surface area is 199 Å². The maximum absolute atomic E-state index is 13.5. The summed E-state index contributed by atoms with van der Waals surface area (Å²) in [6.07, 6.45) is 5.87. The van der Waals surface area contributed by atoms with Crippen LogP contribution in [0, 0.1) is 0 Å². The average Bonchev–Trinajstić information content (AvgIpc) is 3.43. The number of hydrogen-bond acceptors (Lipinski definition) is 5. The van der Waals surface area contributed by atoms with Crippen LogP contribution in [0.1, 0.15) is 34.8 Å². The summed E-state index contributed by atoms with van der Waals surface area (Å²) >= 11 is 0. The van der Waals surface area contributed by atoms with Crippen molar-refractivity contribution in [1.29, 1.82) is 0 Å². The lowest BCUT2D eigenvalue weighted by Gasteiger charge is -2.28. The third-order valence-corrected chi connectivity index (χ3v) is 6.46. The summed E-state index contributed by atoms with van der Waals surface area (Å²) in [5.41, 5.74) is 4.22. The highest BCUT2D eigenvalue weighted by Crippen LogP contribution is 2.28. The monoisotopic (exact) mass is 452 g/mol. The second-order valence-corrected chi connectivity index (χ2v) is 8.56. The number of rotatable bonds is 7. The zero-order chi connectivity index (χ0) is 23.3. The van der Waals surface area contributed by atoms with Crippen LogP contribution >= 0.6 is 0 Å². The Balaban J connectivity index is 1.43. The molecule has 172 valence electrons. The molecule has 0 radical (unpaired) electrons. The number of hydrogen-bond donors (Lipinski definition) is 1. The molecule has 1 N–H and O–H groups in total. The number of fused-ring (bicyclic) bond motifs is 1. The molecule has 2 aromatic carbocycles. The van der Waals surface area contributed by atoms with Crippen LogP contribution in [0.5, 0.6) is 5.75 Å². The van der Waals surface area contributed by atoms with E-state index >= 15 is 0 Å². The Morgan fingerprint density at radius 3 is 2.59 bits per heavy atom. The van der Waals surface area contributed by atoms with Gasteiger partial charge in [0, 0.05) is 29.9 Å². The molecule has 0 saturated carbocycles. The van der Waals surface area contributed by atoms with E-state index in [0.29, 0.717) is 12.1 Å². The number of amides is 1. The summed E-state index contributed by atoms with van der Waals surface area (Å²) in [5, 5.41) is 4.06. The van der Waals surface area contributed by atoms with E-state index in [9.17, 15) is 4.79 Å². The van der Waals surface area contributed by atoms with E-state index < -0.39 is 0 Å². The maximum Gasteiger partial charge on any atom is 0.252 e. The number of carbonyl (C=O) groups excluding carboxylic acids is 1. The van der Waals surface area contributed by atoms with Crippen LogP contribution in [-0.4, -0.2) is 47.5 Å². The standard InChI is InChI=1S/C28H28N4O2/c1-34-22-12-10-20(11-13-22)27(32-15-4-5-16-32)19-30-28(33)24-17-26(21-7-6-14-29-18-21)31-25-9-3-2-8-23(24)25/h2-3,6-14,17-18,27H,4-5,15-16,19H2,1H3,(H,30,33). The van der Waals surface area contributed by atoms with Crippen molar-refractivity contribution < 1.29 is 9.53 Å². The van der Waals surface area contributed by atoms with Gasteiger partial charge in [0.1, 0.15) is 5.75 Å². The predicted molar refractivity (Wildman–Crippen MR) is 134 cm³/mol. The zero-order valence-electron chi connectivity index (χ0n) is 19.3. The van der Waals surface area contributed by atoms with Gasteiger partial charge in [-0.15, -0.1) is 0 Å². The van der Waals surface area contributed by atoms with Gasteiger partial charge in [-0.05, 0) is 67.9 Å². The van der Waals surface area contributed by atoms with E-state index in [4.69, 9.17) is 9.72 Å². The molecule has 1 atom stereocenters. The fourth-order valence-corrected chi connectivity index (χ4v) is 4.65. The summed E-state index contributed by atoms with van der Waals surface area (Å²) < 4.78 is 5.33. The molecule has 1 fully saturated rings. The number of pyridine rings is 2. The lowest BCUT2D eigenvalue weighted by atomic mass is 10.0. The van der Waals surface area contributed by atoms with Crippen LogP contribution < -0.4 is 10.1 Å². The van der Waals surface area contributed by atoms with E-state index in [2.05, 4.69) is 27.3 Å². The van der Waals surface area contributed by atoms with E-state index in [1.54, 1.807) is 19.5 Å². The van der Waals surface area contributed by atoms with Crippen molar-refractivity contribution in [2.24, 2.45) is 0 Å². The average molecular weight is 453 g/mol. The minimum Gasteiger partial charge on any atom is -0.497 e. The summed E-state index contributed by atoms with van der Waals surface area (Å²) in [7, 11) is 1.67. The number of likely N-dealkylation sites (tertiary alicyclic amines) is 1. The van der Waals surface area contributed by atoms with Gasteiger partial charge in [0.05, 0.1) is 29.9 Å². The molecule has 1 aliphatic heterocycles. The number of aromatic nitrogens is 2. The van der Waals surface area contributed by atoms with Gasteiger partial charge in [0.2, 0.25) is 0 Å². The molecule has 6 heteroatoms. The van der Waals surface area contributed by atoms with E-state index in [1.807, 2.05) is 54.6 Å². The minimum atomic E-state index is -0.0959. The molecule has 0 aliphatic carbocycles. The summed E-state index contributed by atoms with van der Waals surface area (Å²) in [5.74, 6) is 0.737. The van der Waals surface area contributed by atoms with Crippen molar-refractivity contribution in [3.63, 3.8) is 0 Å². The number of benzene rings is 2. The van der Waals surface area contributed by atoms with Crippen LogP contribution in [0.2, 0.25) is 0 Å². The lowest BCUT2D eigenvalue weighted by Crippen LogP contribution is -2.36. The highest BCUT2D eigenvalue weighted by Gasteiger charge is 2.25.